The number of nitrogens with zero attached hydrogens (tertiary/aromatic N) is 1. The lowest BCUT2D eigenvalue weighted by Crippen LogP contribution is -1.99. The lowest BCUT2D eigenvalue weighted by molar-refractivity contribution is 0.282. The third-order valence-corrected chi connectivity index (χ3v) is 4.10. The average Bonchev–Trinajstić information content (AvgIpc) is 2.61. The van der Waals surface area contributed by atoms with Crippen LogP contribution < -0.4 is 9.47 Å². The molecule has 25 heavy (non-hydrogen) atoms. The van der Waals surface area contributed by atoms with Crippen molar-refractivity contribution in [1.82, 2.24) is 4.98 Å². The van der Waals surface area contributed by atoms with Crippen LogP contribution in [0.1, 0.15) is 19.4 Å². The molecule has 3 rings (SSSR count). The maximum atomic E-state index is 9.64. The Hall–Kier alpha value is -2.30. The van der Waals surface area contributed by atoms with Crippen molar-refractivity contribution in [3.05, 3.63) is 53.3 Å². The fourth-order valence-corrected chi connectivity index (χ4v) is 3.04. The van der Waals surface area contributed by atoms with E-state index in [2.05, 4.69) is 4.98 Å². The molecule has 0 amide bonds. The molecule has 3 aromatic rings. The van der Waals surface area contributed by atoms with Crippen LogP contribution in [-0.2, 0) is 6.61 Å². The van der Waals surface area contributed by atoms with E-state index in [0.29, 0.717) is 29.9 Å². The van der Waals surface area contributed by atoms with Crippen molar-refractivity contribution >= 4 is 22.4 Å². The minimum Gasteiger partial charge on any atom is -0.490 e. The second kappa shape index (κ2) is 7.72. The van der Waals surface area contributed by atoms with E-state index in [1.807, 2.05) is 50.2 Å². The molecule has 0 saturated heterocycles. The predicted molar refractivity (Wildman–Crippen MR) is 100 cm³/mol. The summed E-state index contributed by atoms with van der Waals surface area (Å²) in [6.07, 6.45) is 1.67. The van der Waals surface area contributed by atoms with Crippen LogP contribution >= 0.6 is 11.6 Å². The first-order valence-corrected chi connectivity index (χ1v) is 8.63. The number of rotatable bonds is 6. The fourth-order valence-electron chi connectivity index (χ4n) is 2.87. The van der Waals surface area contributed by atoms with E-state index in [4.69, 9.17) is 21.1 Å². The normalized spacial score (nSPS) is 10.9. The first kappa shape index (κ1) is 17.5. The summed E-state index contributed by atoms with van der Waals surface area (Å²) in [5.74, 6) is 1.40. The Balaban J connectivity index is 2.29. The Morgan fingerprint density at radius 1 is 1.00 bits per heavy atom. The van der Waals surface area contributed by atoms with E-state index >= 15 is 0 Å². The molecule has 4 nitrogen and oxygen atoms in total. The van der Waals surface area contributed by atoms with Crippen molar-refractivity contribution < 1.29 is 14.6 Å². The largest absolute Gasteiger partial charge is 0.490 e. The lowest BCUT2D eigenvalue weighted by atomic mass is 9.96. The number of benzene rings is 2. The SMILES string of the molecule is CCOc1cc2cc(CO)cc(-c3ccnc(Cl)c3)c2cc1OCC. The summed E-state index contributed by atoms with van der Waals surface area (Å²) < 4.78 is 11.5. The molecular formula is C20H20ClNO3. The molecule has 0 spiro atoms. The van der Waals surface area contributed by atoms with Gasteiger partial charge in [-0.3, -0.25) is 0 Å². The number of hydrogen-bond acceptors (Lipinski definition) is 4. The van der Waals surface area contributed by atoms with Crippen molar-refractivity contribution in [2.45, 2.75) is 20.5 Å². The maximum Gasteiger partial charge on any atom is 0.161 e. The lowest BCUT2D eigenvalue weighted by Gasteiger charge is -2.15. The Kier molecular flexibility index (Phi) is 5.41. The molecule has 0 saturated carbocycles. The van der Waals surface area contributed by atoms with E-state index in [9.17, 15) is 5.11 Å². The Morgan fingerprint density at radius 3 is 2.36 bits per heavy atom. The number of fused-ring (bicyclic) bond motifs is 1. The second-order valence-electron chi connectivity index (χ2n) is 5.55. The number of aliphatic hydroxyl groups excluding tert-OH is 1. The zero-order chi connectivity index (χ0) is 17.8. The van der Waals surface area contributed by atoms with Crippen LogP contribution in [0.15, 0.2) is 42.6 Å². The van der Waals surface area contributed by atoms with Crippen molar-refractivity contribution in [3.8, 4) is 22.6 Å². The minimum absolute atomic E-state index is 0.0427. The third kappa shape index (κ3) is 3.70. The van der Waals surface area contributed by atoms with Crippen LogP contribution in [0.5, 0.6) is 11.5 Å². The van der Waals surface area contributed by atoms with Gasteiger partial charge in [0.25, 0.3) is 0 Å². The summed E-state index contributed by atoms with van der Waals surface area (Å²) in [5, 5.41) is 12.0. The predicted octanol–water partition coefficient (Wildman–Crippen LogP) is 4.84. The summed E-state index contributed by atoms with van der Waals surface area (Å²) >= 11 is 6.06. The number of ether oxygens (including phenoxy) is 2. The zero-order valence-electron chi connectivity index (χ0n) is 14.3. The maximum absolute atomic E-state index is 9.64. The summed E-state index contributed by atoms with van der Waals surface area (Å²) in [5.41, 5.74) is 2.73. The van der Waals surface area contributed by atoms with E-state index in [1.165, 1.54) is 0 Å². The van der Waals surface area contributed by atoms with E-state index in [1.54, 1.807) is 6.20 Å². The fraction of sp³-hybridized carbons (Fsp3) is 0.250. The topological polar surface area (TPSA) is 51.6 Å². The van der Waals surface area contributed by atoms with E-state index in [0.717, 1.165) is 27.5 Å². The highest BCUT2D eigenvalue weighted by Crippen LogP contribution is 2.38. The van der Waals surface area contributed by atoms with Crippen molar-refractivity contribution in [3.63, 3.8) is 0 Å². The van der Waals surface area contributed by atoms with Gasteiger partial charge in [0, 0.05) is 6.20 Å². The molecule has 1 heterocycles. The van der Waals surface area contributed by atoms with Crippen molar-refractivity contribution in [2.24, 2.45) is 0 Å². The first-order valence-electron chi connectivity index (χ1n) is 8.25. The molecule has 0 atom stereocenters. The van der Waals surface area contributed by atoms with Crippen LogP contribution in [0, 0.1) is 0 Å². The molecular weight excluding hydrogens is 338 g/mol. The number of aliphatic hydroxyl groups is 1. The van der Waals surface area contributed by atoms with E-state index in [-0.39, 0.29) is 6.61 Å². The summed E-state index contributed by atoms with van der Waals surface area (Å²) in [6, 6.07) is 11.6. The first-order chi connectivity index (χ1) is 12.2. The number of pyridine rings is 1. The molecule has 0 aliphatic rings. The van der Waals surface area contributed by atoms with Gasteiger partial charge in [-0.1, -0.05) is 11.6 Å². The van der Waals surface area contributed by atoms with Gasteiger partial charge in [-0.05, 0) is 77.7 Å². The molecule has 130 valence electrons. The molecule has 0 bridgehead atoms. The standard InChI is InChI=1S/C20H20ClNO3/c1-3-24-18-9-15-7-13(12-23)8-16(14-5-6-22-20(21)10-14)17(15)11-19(18)25-4-2/h5-11,23H,3-4,12H2,1-2H3. The Labute approximate surface area is 152 Å². The van der Waals surface area contributed by atoms with Gasteiger partial charge in [-0.25, -0.2) is 4.98 Å². The van der Waals surface area contributed by atoms with Crippen LogP contribution in [-0.4, -0.2) is 23.3 Å². The van der Waals surface area contributed by atoms with E-state index < -0.39 is 0 Å². The second-order valence-corrected chi connectivity index (χ2v) is 5.94. The molecule has 0 fully saturated rings. The van der Waals surface area contributed by atoms with Gasteiger partial charge in [-0.2, -0.15) is 0 Å². The number of halogens is 1. The summed E-state index contributed by atoms with van der Waals surface area (Å²) in [6.45, 7) is 4.94. The molecule has 0 radical (unpaired) electrons. The number of hydrogen-bond donors (Lipinski definition) is 1. The summed E-state index contributed by atoms with van der Waals surface area (Å²) in [4.78, 5) is 4.04. The van der Waals surface area contributed by atoms with Gasteiger partial charge in [0.2, 0.25) is 0 Å². The van der Waals surface area contributed by atoms with Gasteiger partial charge >= 0.3 is 0 Å². The Bertz CT molecular complexity index is 895. The molecule has 0 unspecified atom stereocenters. The highest BCUT2D eigenvalue weighted by atomic mass is 35.5. The Morgan fingerprint density at radius 2 is 1.72 bits per heavy atom. The third-order valence-electron chi connectivity index (χ3n) is 3.90. The van der Waals surface area contributed by atoms with Gasteiger partial charge in [-0.15, -0.1) is 0 Å². The van der Waals surface area contributed by atoms with Crippen LogP contribution in [0.25, 0.3) is 21.9 Å². The molecule has 2 aromatic carbocycles. The van der Waals surface area contributed by atoms with Crippen LogP contribution in [0.2, 0.25) is 5.15 Å². The minimum atomic E-state index is -0.0427. The van der Waals surface area contributed by atoms with Gasteiger partial charge in [0.1, 0.15) is 5.15 Å². The monoisotopic (exact) mass is 357 g/mol. The number of aromatic nitrogens is 1. The summed E-state index contributed by atoms with van der Waals surface area (Å²) in [7, 11) is 0. The van der Waals surface area contributed by atoms with Gasteiger partial charge < -0.3 is 14.6 Å². The van der Waals surface area contributed by atoms with Crippen molar-refractivity contribution in [1.29, 1.82) is 0 Å². The van der Waals surface area contributed by atoms with Gasteiger partial charge in [0.15, 0.2) is 11.5 Å². The zero-order valence-corrected chi connectivity index (χ0v) is 15.0. The quantitative estimate of drug-likeness (QED) is 0.641. The molecule has 1 aromatic heterocycles. The molecule has 0 aliphatic heterocycles. The highest BCUT2D eigenvalue weighted by Gasteiger charge is 2.13. The molecule has 5 heteroatoms. The van der Waals surface area contributed by atoms with Gasteiger partial charge in [0.05, 0.1) is 19.8 Å². The van der Waals surface area contributed by atoms with Crippen LogP contribution in [0.4, 0.5) is 0 Å². The molecule has 1 N–H and O–H groups in total. The van der Waals surface area contributed by atoms with Crippen LogP contribution in [0.3, 0.4) is 0 Å². The molecule has 0 aliphatic carbocycles. The smallest absolute Gasteiger partial charge is 0.161 e. The average molecular weight is 358 g/mol. The highest BCUT2D eigenvalue weighted by molar-refractivity contribution is 6.29. The van der Waals surface area contributed by atoms with Crippen molar-refractivity contribution in [2.75, 3.05) is 13.2 Å².